The van der Waals surface area contributed by atoms with Gasteiger partial charge in [0.25, 0.3) is 0 Å². The number of carbonyl (C=O) groups is 4. The molecule has 11 heteroatoms. The molecule has 0 aromatic carbocycles. The average molecular weight is 428 g/mol. The van der Waals surface area contributed by atoms with E-state index in [0.29, 0.717) is 32.4 Å². The lowest BCUT2D eigenvalue weighted by atomic mass is 10.1. The van der Waals surface area contributed by atoms with Crippen LogP contribution in [0.2, 0.25) is 0 Å². The van der Waals surface area contributed by atoms with E-state index in [9.17, 15) is 19.2 Å². The molecule has 0 spiro atoms. The van der Waals surface area contributed by atoms with Crippen LogP contribution in [0.5, 0.6) is 0 Å². The Kier molecular flexibility index (Phi) is 16.5. The Labute approximate surface area is 176 Å². The summed E-state index contributed by atoms with van der Waals surface area (Å²) < 4.78 is 5.03. The molecule has 0 heterocycles. The fourth-order valence-electron chi connectivity index (χ4n) is 2.52. The molecule has 0 saturated heterocycles. The topological polar surface area (TPSA) is 171 Å². The molecule has 30 heavy (non-hydrogen) atoms. The van der Waals surface area contributed by atoms with E-state index in [4.69, 9.17) is 15.4 Å². The van der Waals surface area contributed by atoms with Gasteiger partial charge in [-0.25, -0.2) is 0 Å². The lowest BCUT2D eigenvalue weighted by molar-refractivity contribution is -0.148. The van der Waals surface area contributed by atoms with Crippen molar-refractivity contribution in [2.24, 2.45) is 5.11 Å². The van der Waals surface area contributed by atoms with Crippen LogP contribution in [0.3, 0.4) is 0 Å². The van der Waals surface area contributed by atoms with Gasteiger partial charge in [0.1, 0.15) is 6.61 Å². The van der Waals surface area contributed by atoms with E-state index in [1.165, 1.54) is 0 Å². The number of rotatable bonds is 18. The quantitative estimate of drug-likeness (QED) is 0.0996. The molecule has 0 bridgehead atoms. The predicted octanol–water partition coefficient (Wildman–Crippen LogP) is 2.45. The number of nitrogens with zero attached hydrogens (tertiary/aromatic N) is 3. The van der Waals surface area contributed by atoms with Crippen molar-refractivity contribution >= 4 is 23.8 Å². The highest BCUT2D eigenvalue weighted by Crippen LogP contribution is 2.03. The van der Waals surface area contributed by atoms with Crippen LogP contribution in [-0.2, 0) is 23.9 Å². The van der Waals surface area contributed by atoms with E-state index in [0.717, 1.165) is 19.3 Å². The number of azide groups is 1. The maximum atomic E-state index is 12.0. The number of carbonyl (C=O) groups excluding carboxylic acids is 3. The number of carboxylic acid groups (broad SMARTS) is 1. The van der Waals surface area contributed by atoms with Gasteiger partial charge < -0.3 is 20.5 Å². The first-order valence-corrected chi connectivity index (χ1v) is 10.3. The first kappa shape index (κ1) is 27.2. The van der Waals surface area contributed by atoms with E-state index in [1.54, 1.807) is 0 Å². The summed E-state index contributed by atoms with van der Waals surface area (Å²) in [7, 11) is 0. The second-order valence-corrected chi connectivity index (χ2v) is 6.87. The maximum absolute atomic E-state index is 12.0. The lowest BCUT2D eigenvalue weighted by Gasteiger charge is -2.17. The van der Waals surface area contributed by atoms with Gasteiger partial charge in [-0.3, -0.25) is 19.2 Å². The Hall–Kier alpha value is -2.81. The Bertz CT molecular complexity index is 592. The zero-order chi connectivity index (χ0) is 22.6. The summed E-state index contributed by atoms with van der Waals surface area (Å²) in [5, 5.41) is 17.6. The van der Waals surface area contributed by atoms with Gasteiger partial charge in [-0.05, 0) is 24.8 Å². The number of hydrogen-bond donors (Lipinski definition) is 3. The highest BCUT2D eigenvalue weighted by molar-refractivity contribution is 5.81. The van der Waals surface area contributed by atoms with E-state index >= 15 is 0 Å². The number of ether oxygens (including phenoxy) is 1. The SMILES string of the molecule is CCCCCNC(=O)CCC(=O)OC[C@H](CC(=O)O)NC(=O)CCCCCN=[N+]=[N-]. The van der Waals surface area contributed by atoms with E-state index < -0.39 is 18.0 Å². The van der Waals surface area contributed by atoms with E-state index in [-0.39, 0.29) is 44.1 Å². The number of nitrogens with one attached hydrogen (secondary N) is 2. The molecule has 0 aromatic rings. The van der Waals surface area contributed by atoms with Crippen molar-refractivity contribution in [2.75, 3.05) is 19.7 Å². The molecule has 2 amide bonds. The molecule has 3 N–H and O–H groups in total. The summed E-state index contributed by atoms with van der Waals surface area (Å²) in [6.07, 6.45) is 4.59. The van der Waals surface area contributed by atoms with Crippen molar-refractivity contribution in [2.45, 2.75) is 77.2 Å². The zero-order valence-corrected chi connectivity index (χ0v) is 17.6. The van der Waals surface area contributed by atoms with Crippen LogP contribution >= 0.6 is 0 Å². The summed E-state index contributed by atoms with van der Waals surface area (Å²) in [6.45, 7) is 2.73. The first-order chi connectivity index (χ1) is 14.4. The van der Waals surface area contributed by atoms with Gasteiger partial charge in [-0.15, -0.1) is 0 Å². The molecule has 0 fully saturated rings. The third kappa shape index (κ3) is 17.3. The molecule has 1 atom stereocenters. The van der Waals surface area contributed by atoms with Crippen LogP contribution in [0.4, 0.5) is 0 Å². The van der Waals surface area contributed by atoms with Gasteiger partial charge in [0.2, 0.25) is 11.8 Å². The fourth-order valence-corrected chi connectivity index (χ4v) is 2.52. The smallest absolute Gasteiger partial charge is 0.306 e. The van der Waals surface area contributed by atoms with Crippen LogP contribution in [-0.4, -0.2) is 54.6 Å². The number of esters is 1. The lowest BCUT2D eigenvalue weighted by Crippen LogP contribution is -2.40. The summed E-state index contributed by atoms with van der Waals surface area (Å²) >= 11 is 0. The third-order valence-electron chi connectivity index (χ3n) is 4.12. The minimum atomic E-state index is -1.13. The fraction of sp³-hybridized carbons (Fsp3) is 0.789. The number of carboxylic acids is 1. The Morgan fingerprint density at radius 1 is 1.03 bits per heavy atom. The molecule has 0 rings (SSSR count). The third-order valence-corrected chi connectivity index (χ3v) is 4.12. The second-order valence-electron chi connectivity index (χ2n) is 6.87. The van der Waals surface area contributed by atoms with Gasteiger partial charge in [0.05, 0.1) is 18.9 Å². The van der Waals surface area contributed by atoms with Crippen LogP contribution in [0.25, 0.3) is 10.4 Å². The van der Waals surface area contributed by atoms with E-state index in [1.807, 2.05) is 0 Å². The Morgan fingerprint density at radius 2 is 1.80 bits per heavy atom. The van der Waals surface area contributed by atoms with Gasteiger partial charge in [0.15, 0.2) is 0 Å². The van der Waals surface area contributed by atoms with E-state index in [2.05, 4.69) is 27.6 Å². The molecular weight excluding hydrogens is 394 g/mol. The molecule has 0 unspecified atom stereocenters. The summed E-state index contributed by atoms with van der Waals surface area (Å²) in [6, 6.07) is -0.843. The highest BCUT2D eigenvalue weighted by atomic mass is 16.5. The van der Waals surface area contributed by atoms with Crippen LogP contribution < -0.4 is 10.6 Å². The van der Waals surface area contributed by atoms with Crippen LogP contribution in [0.15, 0.2) is 5.11 Å². The van der Waals surface area contributed by atoms with Crippen molar-refractivity contribution in [1.82, 2.24) is 10.6 Å². The number of unbranched alkanes of at least 4 members (excludes halogenated alkanes) is 4. The van der Waals surface area contributed by atoms with Crippen molar-refractivity contribution in [3.63, 3.8) is 0 Å². The average Bonchev–Trinajstić information content (AvgIpc) is 2.70. The Morgan fingerprint density at radius 3 is 2.47 bits per heavy atom. The molecule has 0 aliphatic rings. The van der Waals surface area contributed by atoms with Crippen molar-refractivity contribution in [1.29, 1.82) is 0 Å². The zero-order valence-electron chi connectivity index (χ0n) is 17.6. The molecular formula is C19H33N5O6. The number of amides is 2. The summed E-state index contributed by atoms with van der Waals surface area (Å²) in [4.78, 5) is 49.0. The minimum Gasteiger partial charge on any atom is -0.481 e. The normalized spacial score (nSPS) is 11.1. The van der Waals surface area contributed by atoms with Crippen LogP contribution in [0, 0.1) is 0 Å². The largest absolute Gasteiger partial charge is 0.481 e. The second kappa shape index (κ2) is 18.2. The van der Waals surface area contributed by atoms with Gasteiger partial charge in [-0.1, -0.05) is 31.3 Å². The Balaban J connectivity index is 4.15. The maximum Gasteiger partial charge on any atom is 0.306 e. The number of hydrogen-bond acceptors (Lipinski definition) is 6. The molecule has 0 saturated carbocycles. The summed E-state index contributed by atoms with van der Waals surface area (Å²) in [5.74, 6) is -2.33. The minimum absolute atomic E-state index is 0.00321. The van der Waals surface area contributed by atoms with Crippen molar-refractivity contribution in [3.05, 3.63) is 10.4 Å². The molecule has 170 valence electrons. The van der Waals surface area contributed by atoms with Crippen molar-refractivity contribution in [3.8, 4) is 0 Å². The number of aliphatic carboxylic acids is 1. The molecule has 0 aromatic heterocycles. The van der Waals surface area contributed by atoms with Crippen LogP contribution in [0.1, 0.15) is 71.1 Å². The van der Waals surface area contributed by atoms with Gasteiger partial charge in [0, 0.05) is 30.8 Å². The monoisotopic (exact) mass is 427 g/mol. The predicted molar refractivity (Wildman–Crippen MR) is 109 cm³/mol. The summed E-state index contributed by atoms with van der Waals surface area (Å²) in [5.41, 5.74) is 8.18. The van der Waals surface area contributed by atoms with Gasteiger partial charge in [-0.2, -0.15) is 0 Å². The van der Waals surface area contributed by atoms with Crippen molar-refractivity contribution < 1.29 is 29.0 Å². The van der Waals surface area contributed by atoms with Gasteiger partial charge >= 0.3 is 11.9 Å². The molecule has 0 radical (unpaired) electrons. The highest BCUT2D eigenvalue weighted by Gasteiger charge is 2.18. The molecule has 0 aliphatic heterocycles. The molecule has 0 aliphatic carbocycles. The molecule has 11 nitrogen and oxygen atoms in total. The first-order valence-electron chi connectivity index (χ1n) is 10.3. The standard InChI is InChI=1S/C19H33N5O6/c1-2-3-6-11-21-16(25)9-10-19(29)30-14-15(13-18(27)28)23-17(26)8-5-4-7-12-22-24-20/h15H,2-14H2,1H3,(H,21,25)(H,23,26)(H,27,28)/t15-/m0/s1.